The number of nitrogens with zero attached hydrogens (tertiary/aromatic N) is 13. The van der Waals surface area contributed by atoms with Crippen molar-refractivity contribution >= 4 is 133 Å². The van der Waals surface area contributed by atoms with Crippen molar-refractivity contribution < 1.29 is 83.7 Å². The number of halogens is 1. The van der Waals surface area contributed by atoms with Crippen molar-refractivity contribution in [2.24, 2.45) is 0 Å². The number of phosphoric ester groups is 1. The van der Waals surface area contributed by atoms with Gasteiger partial charge in [-0.1, -0.05) is 17.5 Å². The lowest BCUT2D eigenvalue weighted by Crippen LogP contribution is -2.35. The number of fused-ring (bicyclic) bond motifs is 10. The van der Waals surface area contributed by atoms with E-state index in [9.17, 15) is 38.5 Å². The molecule has 6 saturated heterocycles. The number of phosphoric acid groups is 1. The van der Waals surface area contributed by atoms with Crippen LogP contribution < -0.4 is 34.1 Å². The summed E-state index contributed by atoms with van der Waals surface area (Å²) in [5.41, 5.74) is 24.0. The van der Waals surface area contributed by atoms with Crippen molar-refractivity contribution in [3.63, 3.8) is 0 Å². The summed E-state index contributed by atoms with van der Waals surface area (Å²) >= 11 is 15.6. The number of imidazole rings is 2. The van der Waals surface area contributed by atoms with Crippen LogP contribution in [0.1, 0.15) is 47.9 Å². The van der Waals surface area contributed by atoms with E-state index in [0.717, 1.165) is 18.1 Å². The molecule has 472 valence electrons. The van der Waals surface area contributed by atoms with E-state index in [-0.39, 0.29) is 47.1 Å². The molecule has 4 bridgehead atoms. The van der Waals surface area contributed by atoms with Gasteiger partial charge in [0.15, 0.2) is 46.0 Å². The smallest absolute Gasteiger partial charge is 0.396 e. The molecule has 4 unspecified atom stereocenters. The van der Waals surface area contributed by atoms with Crippen molar-refractivity contribution in [2.45, 2.75) is 96.9 Å². The summed E-state index contributed by atoms with van der Waals surface area (Å²) in [6, 6.07) is 3.17. The second kappa shape index (κ2) is 23.5. The Labute approximate surface area is 509 Å². The SMILES string of the molecule is Nc1nc2c(ncn2[C@@H]2O[C@@H]3COP(O)(=S)O[C@H]4C[C@H](c5cnn6c(N)ccnc56)O[C@@H]4COP(=O)(S)O[C@@H]2[C@@H]3F)c(=O)[nH]1.Nc1nc2c(nnn2[C@@H]2S[C@@H]3COP(=O)(O)O[C@H]4C[C@H](c5cnc6c(N)ccnn56)O[C@@H]4COP(O)(=S)O[C@@H]2[C@@H]3O)c(=O)[nH]1. The third-order valence-electron chi connectivity index (χ3n) is 14.5. The number of rotatable bonds is 4. The summed E-state index contributed by atoms with van der Waals surface area (Å²) in [4.78, 5) is 82.7. The van der Waals surface area contributed by atoms with Gasteiger partial charge in [-0.3, -0.25) is 46.7 Å². The van der Waals surface area contributed by atoms with Crippen LogP contribution in [0.25, 0.3) is 33.6 Å². The van der Waals surface area contributed by atoms with Crippen molar-refractivity contribution in [3.8, 4) is 0 Å². The number of alkyl halides is 1. The lowest BCUT2D eigenvalue weighted by molar-refractivity contribution is -0.0534. The van der Waals surface area contributed by atoms with Gasteiger partial charge in [0.2, 0.25) is 11.9 Å². The largest absolute Gasteiger partial charge is 0.472 e. The Bertz CT molecular complexity index is 4090. The highest BCUT2D eigenvalue weighted by molar-refractivity contribution is 8.44. The van der Waals surface area contributed by atoms with Crippen LogP contribution >= 0.6 is 52.1 Å². The van der Waals surface area contributed by atoms with Crippen LogP contribution in [0.15, 0.2) is 52.8 Å². The number of nitrogens with one attached hydrogen (secondary N) is 2. The topological polar surface area (TPSA) is 521 Å². The molecule has 6 aliphatic heterocycles. The van der Waals surface area contributed by atoms with Gasteiger partial charge in [-0.2, -0.15) is 24.7 Å². The van der Waals surface area contributed by atoms with Crippen molar-refractivity contribution in [1.82, 2.24) is 73.7 Å². The van der Waals surface area contributed by atoms with E-state index in [0.29, 0.717) is 34.1 Å². The quantitative estimate of drug-likeness (QED) is 0.0845. The highest BCUT2D eigenvalue weighted by Gasteiger charge is 2.54. The summed E-state index contributed by atoms with van der Waals surface area (Å²) in [6.07, 6.45) is -7.13. The third kappa shape index (κ3) is 12.1. The van der Waals surface area contributed by atoms with Gasteiger partial charge < -0.3 is 70.5 Å². The Morgan fingerprint density at radius 1 is 0.705 bits per heavy atom. The molecule has 14 N–H and O–H groups in total. The first-order valence-corrected chi connectivity index (χ1v) is 36.2. The maximum atomic E-state index is 15.8. The molecule has 0 aliphatic carbocycles. The monoisotopic (exact) mass is 1380 g/mol. The number of aliphatic hydroxyl groups excluding tert-OH is 1. The summed E-state index contributed by atoms with van der Waals surface area (Å²) in [6.45, 7) is -14.4. The summed E-state index contributed by atoms with van der Waals surface area (Å²) in [5, 5.41) is 25.6. The molecule has 14 heterocycles. The van der Waals surface area contributed by atoms with E-state index >= 15 is 4.39 Å². The summed E-state index contributed by atoms with van der Waals surface area (Å²) in [5.74, 6) is -0.0896. The fraction of sp³-hybridized carbons (Fsp3) is 0.488. The van der Waals surface area contributed by atoms with Gasteiger partial charge in [0, 0.05) is 24.6 Å². The van der Waals surface area contributed by atoms with Gasteiger partial charge in [-0.05, 0) is 35.7 Å². The van der Waals surface area contributed by atoms with Crippen LogP contribution in [-0.2, 0) is 83.1 Å². The van der Waals surface area contributed by atoms with E-state index in [2.05, 4.69) is 67.6 Å². The second-order valence-corrected chi connectivity index (χ2v) is 31.4. The number of aliphatic hydroxyl groups is 1. The summed E-state index contributed by atoms with van der Waals surface area (Å²) < 4.78 is 111. The number of aromatic amines is 2. The van der Waals surface area contributed by atoms with Gasteiger partial charge in [-0.25, -0.2) is 37.7 Å². The molecule has 18 atom stereocenters. The maximum absolute atomic E-state index is 15.8. The fourth-order valence-electron chi connectivity index (χ4n) is 10.6. The average molecular weight is 1380 g/mol. The minimum Gasteiger partial charge on any atom is -0.396 e. The number of H-pyrrole nitrogens is 2. The highest BCUT2D eigenvalue weighted by atomic mass is 32.7. The molecule has 0 spiro atoms. The van der Waals surface area contributed by atoms with Crippen molar-refractivity contribution in [3.05, 3.63) is 75.2 Å². The van der Waals surface area contributed by atoms with Gasteiger partial charge in [-0.15, -0.1) is 16.9 Å². The van der Waals surface area contributed by atoms with Crippen LogP contribution in [0.2, 0.25) is 0 Å². The molecule has 6 fully saturated rings. The molecule has 0 aromatic carbocycles. The number of nitrogens with two attached hydrogens (primary N) is 4. The molecule has 88 heavy (non-hydrogen) atoms. The van der Waals surface area contributed by atoms with Gasteiger partial charge in [0.1, 0.15) is 53.9 Å². The molecule has 6 aliphatic rings. The highest BCUT2D eigenvalue weighted by Crippen LogP contribution is 2.60. The number of hydrogen-bond donors (Lipinski definition) is 11. The first kappa shape index (κ1) is 61.7. The third-order valence-corrected chi connectivity index (χ3v) is 21.8. The number of aromatic nitrogens is 15. The number of ether oxygens (including phenoxy) is 3. The average Bonchev–Trinajstić information content (AvgIpc) is 2.42. The maximum Gasteiger partial charge on any atom is 0.472 e. The van der Waals surface area contributed by atoms with Crippen molar-refractivity contribution in [2.75, 3.05) is 49.4 Å². The zero-order valence-corrected chi connectivity index (χ0v) is 51.2. The first-order valence-electron chi connectivity index (χ1n) is 25.8. The number of anilines is 4. The van der Waals surface area contributed by atoms with Gasteiger partial charge >= 0.3 is 28.1 Å². The Kier molecular flexibility index (Phi) is 16.5. The molecule has 14 rings (SSSR count). The van der Waals surface area contributed by atoms with E-state index in [1.807, 2.05) is 0 Å². The first-order chi connectivity index (χ1) is 41.8. The van der Waals surface area contributed by atoms with E-state index in [1.165, 1.54) is 43.1 Å². The number of nitrogen functional groups attached to an aromatic ring is 4. The molecule has 38 nitrogen and oxygen atoms in total. The fourth-order valence-corrected chi connectivity index (χ4v) is 17.5. The minimum atomic E-state index is -4.75. The molecule has 0 radical (unpaired) electrons. The lowest BCUT2D eigenvalue weighted by Gasteiger charge is -2.27. The second-order valence-electron chi connectivity index (χ2n) is 20.2. The number of thioether (sulfide) groups is 1. The Balaban J connectivity index is 0.000000162. The molecule has 0 saturated carbocycles. The zero-order valence-electron chi connectivity index (χ0n) is 44.2. The van der Waals surface area contributed by atoms with E-state index in [4.69, 9.17) is 96.9 Å². The predicted octanol–water partition coefficient (Wildman–Crippen LogP) is 0.526. The van der Waals surface area contributed by atoms with Crippen LogP contribution in [0, 0.1) is 0 Å². The van der Waals surface area contributed by atoms with Gasteiger partial charge in [0.25, 0.3) is 11.1 Å². The normalized spacial score (nSPS) is 36.6. The van der Waals surface area contributed by atoms with E-state index < -0.39 is 150 Å². The molecule has 0 amide bonds. The zero-order chi connectivity index (χ0) is 61.9. The molecular weight excluding hydrogens is 1330 g/mol. The van der Waals surface area contributed by atoms with Crippen LogP contribution in [0.3, 0.4) is 0 Å². The summed E-state index contributed by atoms with van der Waals surface area (Å²) in [7, 11) is -4.75. The van der Waals surface area contributed by atoms with Gasteiger partial charge in [0.05, 0.1) is 86.3 Å². The van der Waals surface area contributed by atoms with Crippen molar-refractivity contribution in [1.29, 1.82) is 0 Å². The standard InChI is InChI=1S/C21H24FN9O9P2S2.C20H24N10O10P2S2/c22-14-12-6-36-41(33,43)39-10-3-9(8-4-27-31-13(23)1-2-25-17(8)31)37-11(10)5-35-42(34,44)40-16(14)20(38-12)30-7-26-15-18(30)28-21(24)29-19(15)32;21-7-1-2-24-29-8(4-23-16(7)29)9-3-10-11(38-9)5-37-42(35,43)40-15-14(31)12(6-36-41(33,34)39-10)44-19(15)30-17-13(27-28-30)18(32)26-20(22)25-17/h1-2,4,7,9-12,14,16,20H,3,5-6,23H2,(H,33,43)(H,34,44)(H3,24,28,29,32);1-2,4,9-12,14-15,19,31H,3,5-6,21H2,(H,33,34)(H,35,43)(H3,22,25,26,32)/t9-,10+,11-,12-,14-,16-,20-,41?,42?;9-,10+,11-,12-,14-,15-,19-,42?/m11/s1. The predicted molar refractivity (Wildman–Crippen MR) is 310 cm³/mol. The molecule has 8 aromatic rings. The lowest BCUT2D eigenvalue weighted by atomic mass is 10.1. The van der Waals surface area contributed by atoms with Crippen LogP contribution in [-0.4, -0.2) is 180 Å². The van der Waals surface area contributed by atoms with E-state index in [1.54, 1.807) is 12.1 Å². The number of thiol groups is 1. The minimum absolute atomic E-state index is 0.0348. The Morgan fingerprint density at radius 3 is 2.16 bits per heavy atom. The Hall–Kier alpha value is -5.14. The molecule has 8 aromatic heterocycles. The molecular formula is C41H48FN19O19P4S4. The Morgan fingerprint density at radius 2 is 1.39 bits per heavy atom. The number of hydrogen-bond acceptors (Lipinski definition) is 32. The molecule has 47 heteroatoms. The van der Waals surface area contributed by atoms with Crippen LogP contribution in [0.4, 0.5) is 27.8 Å². The van der Waals surface area contributed by atoms with Crippen LogP contribution in [0.5, 0.6) is 0 Å².